The molecule has 3 atom stereocenters. The number of alkyl halides is 3. The molecule has 2 aliphatic rings. The smallest absolute Gasteiger partial charge is 0.378 e. The van der Waals surface area contributed by atoms with Crippen LogP contribution in [0.1, 0.15) is 49.1 Å². The number of rotatable bonds is 7. The molecule has 1 aliphatic carbocycles. The molecular formula is C27H28F5N5O2S. The molecule has 1 saturated carbocycles. The van der Waals surface area contributed by atoms with Gasteiger partial charge in [-0.2, -0.15) is 13.2 Å². The van der Waals surface area contributed by atoms with E-state index in [0.717, 1.165) is 44.4 Å². The maximum atomic E-state index is 15.2. The quantitative estimate of drug-likeness (QED) is 0.344. The Bertz CT molecular complexity index is 1450. The van der Waals surface area contributed by atoms with Crippen molar-refractivity contribution in [2.75, 3.05) is 23.1 Å². The summed E-state index contributed by atoms with van der Waals surface area (Å²) < 4.78 is 97.6. The summed E-state index contributed by atoms with van der Waals surface area (Å²) in [7, 11) is -4.46. The van der Waals surface area contributed by atoms with Crippen LogP contribution in [0, 0.1) is 11.6 Å². The second kappa shape index (κ2) is 11.3. The molecular weight excluding hydrogens is 553 g/mol. The zero-order valence-corrected chi connectivity index (χ0v) is 22.2. The summed E-state index contributed by atoms with van der Waals surface area (Å²) in [4.78, 5) is 8.80. The van der Waals surface area contributed by atoms with Crippen molar-refractivity contribution in [2.24, 2.45) is 0 Å². The summed E-state index contributed by atoms with van der Waals surface area (Å²) >= 11 is 0. The van der Waals surface area contributed by atoms with Crippen LogP contribution in [0.25, 0.3) is 0 Å². The van der Waals surface area contributed by atoms with Gasteiger partial charge < -0.3 is 5.32 Å². The van der Waals surface area contributed by atoms with E-state index in [1.54, 1.807) is 6.07 Å². The van der Waals surface area contributed by atoms with E-state index in [-0.39, 0.29) is 29.5 Å². The Morgan fingerprint density at radius 2 is 1.75 bits per heavy atom. The SMILES string of the molecule is O=S(=O)(Nc1ccncn1)c1cc(F)c(N[C@H]2CC[C@H](c3cccc(C(F)(F)F)c3)C[C@@H]2N2CCCC2)cc1F. The van der Waals surface area contributed by atoms with Crippen LogP contribution < -0.4 is 10.0 Å². The molecule has 1 aromatic heterocycles. The van der Waals surface area contributed by atoms with Crippen LogP contribution in [-0.4, -0.2) is 48.5 Å². The highest BCUT2D eigenvalue weighted by Gasteiger charge is 2.38. The van der Waals surface area contributed by atoms with E-state index in [9.17, 15) is 21.6 Å². The standard InChI is InChI=1S/C27H28F5N5O2S/c28-20-15-25(40(38,39)36-26-8-9-33-16-34-26)21(29)14-23(20)35-22-7-6-18(13-24(22)37-10-1-2-11-37)17-4-3-5-19(12-17)27(30,31)32/h3-5,8-9,12,14-16,18,22,24,35H,1-2,6-7,10-11,13H2,(H,33,34,36)/t18-,22-,24-/m0/s1. The van der Waals surface area contributed by atoms with E-state index >= 15 is 8.78 Å². The summed E-state index contributed by atoms with van der Waals surface area (Å²) in [6, 6.07) is 7.66. The Hall–Kier alpha value is -3.32. The fraction of sp³-hybridized carbons (Fsp3) is 0.407. The molecule has 2 aromatic carbocycles. The molecule has 0 radical (unpaired) electrons. The van der Waals surface area contributed by atoms with Crippen LogP contribution in [0.4, 0.5) is 33.5 Å². The Kier molecular flexibility index (Phi) is 7.96. The number of aromatic nitrogens is 2. The fourth-order valence-corrected chi connectivity index (χ4v) is 6.73. The second-order valence-electron chi connectivity index (χ2n) is 10.2. The van der Waals surface area contributed by atoms with Gasteiger partial charge in [0.05, 0.1) is 11.3 Å². The van der Waals surface area contributed by atoms with Gasteiger partial charge >= 0.3 is 6.18 Å². The fourth-order valence-electron chi connectivity index (χ4n) is 5.65. The lowest BCUT2D eigenvalue weighted by molar-refractivity contribution is -0.137. The van der Waals surface area contributed by atoms with Gasteiger partial charge in [0.15, 0.2) is 0 Å². The summed E-state index contributed by atoms with van der Waals surface area (Å²) in [6.07, 6.45) is 1.56. The number of hydrogen-bond donors (Lipinski definition) is 2. The third-order valence-electron chi connectivity index (χ3n) is 7.58. The monoisotopic (exact) mass is 581 g/mol. The third kappa shape index (κ3) is 6.20. The highest BCUT2D eigenvalue weighted by atomic mass is 32.2. The zero-order chi connectivity index (χ0) is 28.5. The number of sulfonamides is 1. The van der Waals surface area contributed by atoms with Crippen molar-refractivity contribution in [3.8, 4) is 0 Å². The Balaban J connectivity index is 1.36. The van der Waals surface area contributed by atoms with Crippen LogP contribution in [0.2, 0.25) is 0 Å². The van der Waals surface area contributed by atoms with Gasteiger partial charge in [0.1, 0.15) is 28.7 Å². The largest absolute Gasteiger partial charge is 0.416 e. The Morgan fingerprint density at radius 1 is 0.975 bits per heavy atom. The first kappa shape index (κ1) is 28.2. The molecule has 1 aliphatic heterocycles. The number of nitrogens with one attached hydrogen (secondary N) is 2. The number of nitrogens with zero attached hydrogens (tertiary/aromatic N) is 3. The van der Waals surface area contributed by atoms with Gasteiger partial charge in [-0.05, 0) is 74.9 Å². The molecule has 1 saturated heterocycles. The molecule has 3 aromatic rings. The topological polar surface area (TPSA) is 87.2 Å². The van der Waals surface area contributed by atoms with Crippen molar-refractivity contribution in [2.45, 2.75) is 61.2 Å². The van der Waals surface area contributed by atoms with Crippen molar-refractivity contribution in [1.29, 1.82) is 0 Å². The van der Waals surface area contributed by atoms with E-state index in [2.05, 4.69) is 24.9 Å². The van der Waals surface area contributed by atoms with Crippen LogP contribution in [0.3, 0.4) is 0 Å². The maximum absolute atomic E-state index is 15.2. The van der Waals surface area contributed by atoms with Gasteiger partial charge in [-0.25, -0.2) is 27.2 Å². The van der Waals surface area contributed by atoms with Crippen molar-refractivity contribution >= 4 is 21.5 Å². The van der Waals surface area contributed by atoms with E-state index in [4.69, 9.17) is 0 Å². The highest BCUT2D eigenvalue weighted by Crippen LogP contribution is 2.40. The molecule has 2 fully saturated rings. The van der Waals surface area contributed by atoms with Gasteiger partial charge in [-0.15, -0.1) is 0 Å². The van der Waals surface area contributed by atoms with Crippen LogP contribution in [-0.2, 0) is 16.2 Å². The highest BCUT2D eigenvalue weighted by molar-refractivity contribution is 7.92. The molecule has 13 heteroatoms. The molecule has 40 heavy (non-hydrogen) atoms. The van der Waals surface area contributed by atoms with E-state index in [1.165, 1.54) is 24.4 Å². The minimum absolute atomic E-state index is 0.0944. The normalized spacial score (nSPS) is 22.3. The molecule has 2 N–H and O–H groups in total. The summed E-state index contributed by atoms with van der Waals surface area (Å²) in [5.41, 5.74) is -0.254. The van der Waals surface area contributed by atoms with Crippen molar-refractivity contribution in [1.82, 2.24) is 14.9 Å². The predicted octanol–water partition coefficient (Wildman–Crippen LogP) is 5.79. The number of likely N-dealkylation sites (tertiary alicyclic amines) is 1. The van der Waals surface area contributed by atoms with Crippen molar-refractivity contribution < 1.29 is 30.4 Å². The summed E-state index contributed by atoms with van der Waals surface area (Å²) in [6.45, 7) is 1.61. The average molecular weight is 582 g/mol. The molecule has 0 amide bonds. The maximum Gasteiger partial charge on any atom is 0.416 e. The lowest BCUT2D eigenvalue weighted by atomic mass is 9.77. The van der Waals surface area contributed by atoms with E-state index in [0.29, 0.717) is 30.9 Å². The first-order valence-corrected chi connectivity index (χ1v) is 14.5. The average Bonchev–Trinajstić information content (AvgIpc) is 3.45. The summed E-state index contributed by atoms with van der Waals surface area (Å²) in [5.74, 6) is -2.29. The molecule has 5 rings (SSSR count). The Morgan fingerprint density at radius 3 is 2.45 bits per heavy atom. The van der Waals surface area contributed by atoms with Gasteiger partial charge in [0.25, 0.3) is 10.0 Å². The lowest BCUT2D eigenvalue weighted by Gasteiger charge is -2.42. The number of benzene rings is 2. The first-order valence-electron chi connectivity index (χ1n) is 13.0. The minimum Gasteiger partial charge on any atom is -0.378 e. The van der Waals surface area contributed by atoms with Crippen molar-refractivity contribution in [3.05, 3.63) is 77.8 Å². The lowest BCUT2D eigenvalue weighted by Crippen LogP contribution is -2.49. The zero-order valence-electron chi connectivity index (χ0n) is 21.3. The molecule has 2 heterocycles. The molecule has 0 spiro atoms. The van der Waals surface area contributed by atoms with Crippen LogP contribution >= 0.6 is 0 Å². The number of anilines is 2. The first-order chi connectivity index (χ1) is 19.0. The molecule has 214 valence electrons. The van der Waals surface area contributed by atoms with Gasteiger partial charge in [0.2, 0.25) is 0 Å². The number of halogens is 5. The number of hydrogen-bond acceptors (Lipinski definition) is 6. The molecule has 0 bridgehead atoms. The van der Waals surface area contributed by atoms with Crippen LogP contribution in [0.15, 0.2) is 59.9 Å². The van der Waals surface area contributed by atoms with Crippen molar-refractivity contribution in [3.63, 3.8) is 0 Å². The van der Waals surface area contributed by atoms with E-state index in [1.807, 2.05) is 0 Å². The summed E-state index contributed by atoms with van der Waals surface area (Å²) in [5, 5.41) is 3.08. The van der Waals surface area contributed by atoms with Crippen LogP contribution in [0.5, 0.6) is 0 Å². The molecule has 7 nitrogen and oxygen atoms in total. The minimum atomic E-state index is -4.46. The van der Waals surface area contributed by atoms with Gasteiger partial charge in [-0.3, -0.25) is 9.62 Å². The third-order valence-corrected chi connectivity index (χ3v) is 8.95. The predicted molar refractivity (Wildman–Crippen MR) is 139 cm³/mol. The van der Waals surface area contributed by atoms with Gasteiger partial charge in [-0.1, -0.05) is 18.2 Å². The van der Waals surface area contributed by atoms with E-state index < -0.39 is 38.3 Å². The second-order valence-corrected chi connectivity index (χ2v) is 11.8. The Labute approximate surface area is 228 Å². The molecule has 0 unspecified atom stereocenters. The van der Waals surface area contributed by atoms with Gasteiger partial charge in [0, 0.05) is 24.3 Å².